The molecule has 0 aliphatic heterocycles. The van der Waals surface area contributed by atoms with Crippen molar-refractivity contribution in [1.29, 1.82) is 0 Å². The number of rotatable bonds is 10. The molecule has 30 heavy (non-hydrogen) atoms. The van der Waals surface area contributed by atoms with Crippen LogP contribution in [0.1, 0.15) is 42.5 Å². The lowest BCUT2D eigenvalue weighted by molar-refractivity contribution is 0.284. The van der Waals surface area contributed by atoms with Crippen LogP contribution in [0.4, 0.5) is 0 Å². The molecule has 0 bridgehead atoms. The minimum Gasteiger partial charge on any atom is -0.493 e. The van der Waals surface area contributed by atoms with Gasteiger partial charge in [-0.2, -0.15) is 0 Å². The first-order valence-corrected chi connectivity index (χ1v) is 10.3. The minimum absolute atomic E-state index is 0. The molecular formula is C24H28Cl2N2O2. The number of ether oxygens (including phenoxy) is 2. The minimum atomic E-state index is 0. The molecule has 3 aromatic rings. The van der Waals surface area contributed by atoms with Gasteiger partial charge in [0.15, 0.2) is 11.5 Å². The molecule has 1 N–H and O–H groups in total. The number of nitrogens with zero attached hydrogens (tertiary/aromatic N) is 1. The molecule has 160 valence electrons. The molecule has 1 aromatic heterocycles. The van der Waals surface area contributed by atoms with E-state index >= 15 is 0 Å². The van der Waals surface area contributed by atoms with Gasteiger partial charge < -0.3 is 14.8 Å². The van der Waals surface area contributed by atoms with Gasteiger partial charge in [-0.05, 0) is 35.7 Å². The molecular weight excluding hydrogens is 419 g/mol. The Morgan fingerprint density at radius 3 is 2.53 bits per heavy atom. The van der Waals surface area contributed by atoms with Crippen molar-refractivity contribution in [2.24, 2.45) is 0 Å². The Labute approximate surface area is 190 Å². The van der Waals surface area contributed by atoms with Gasteiger partial charge in [0.05, 0.1) is 12.1 Å². The van der Waals surface area contributed by atoms with E-state index in [1.807, 2.05) is 30.3 Å². The molecule has 1 atom stereocenters. The summed E-state index contributed by atoms with van der Waals surface area (Å²) in [4.78, 5) is 4.10. The summed E-state index contributed by atoms with van der Waals surface area (Å²) >= 11 is 6.52. The van der Waals surface area contributed by atoms with E-state index in [1.165, 1.54) is 5.56 Å². The molecule has 1 heterocycles. The van der Waals surface area contributed by atoms with E-state index in [2.05, 4.69) is 41.5 Å². The predicted molar refractivity (Wildman–Crippen MR) is 125 cm³/mol. The molecule has 0 aliphatic carbocycles. The third-order valence-electron chi connectivity index (χ3n) is 4.73. The SMILES string of the molecule is CCCC(NCc1cc(Cl)c(OCc2cccnc2)c(OC)c1)c1ccccc1.Cl. The first-order valence-electron chi connectivity index (χ1n) is 9.87. The monoisotopic (exact) mass is 446 g/mol. The van der Waals surface area contributed by atoms with Crippen LogP contribution < -0.4 is 14.8 Å². The third-order valence-corrected chi connectivity index (χ3v) is 5.01. The van der Waals surface area contributed by atoms with Crippen LogP contribution in [0.25, 0.3) is 0 Å². The number of nitrogens with one attached hydrogen (secondary N) is 1. The zero-order valence-corrected chi connectivity index (χ0v) is 18.9. The molecule has 4 nitrogen and oxygen atoms in total. The number of benzene rings is 2. The Hall–Kier alpha value is -2.27. The standard InChI is InChI=1S/C24H27ClN2O2.ClH/c1-3-8-22(20-10-5-4-6-11-20)27-16-19-13-21(25)24(23(14-19)28-2)29-17-18-9-7-12-26-15-18;/h4-7,9-15,22,27H,3,8,16-17H2,1-2H3;1H. The van der Waals surface area contributed by atoms with Crippen LogP contribution in [0.2, 0.25) is 5.02 Å². The second kappa shape index (κ2) is 12.4. The van der Waals surface area contributed by atoms with Gasteiger partial charge in [0, 0.05) is 30.5 Å². The maximum absolute atomic E-state index is 6.52. The first-order chi connectivity index (χ1) is 14.2. The zero-order valence-electron chi connectivity index (χ0n) is 17.3. The summed E-state index contributed by atoms with van der Waals surface area (Å²) in [5, 5.41) is 4.18. The smallest absolute Gasteiger partial charge is 0.180 e. The van der Waals surface area contributed by atoms with Crippen molar-refractivity contribution in [3.8, 4) is 11.5 Å². The zero-order chi connectivity index (χ0) is 20.5. The lowest BCUT2D eigenvalue weighted by Crippen LogP contribution is -2.20. The third kappa shape index (κ3) is 6.63. The van der Waals surface area contributed by atoms with Crippen molar-refractivity contribution in [2.45, 2.75) is 39.0 Å². The second-order valence-corrected chi connectivity index (χ2v) is 7.30. The van der Waals surface area contributed by atoms with Gasteiger partial charge in [-0.3, -0.25) is 4.98 Å². The number of halogens is 2. The van der Waals surface area contributed by atoms with Crippen LogP contribution in [0, 0.1) is 0 Å². The van der Waals surface area contributed by atoms with E-state index in [9.17, 15) is 0 Å². The van der Waals surface area contributed by atoms with Gasteiger partial charge >= 0.3 is 0 Å². The normalized spacial score (nSPS) is 11.4. The van der Waals surface area contributed by atoms with Gasteiger partial charge in [-0.1, -0.05) is 61.3 Å². The molecule has 0 spiro atoms. The van der Waals surface area contributed by atoms with Crippen LogP contribution in [0.15, 0.2) is 67.0 Å². The maximum Gasteiger partial charge on any atom is 0.180 e. The number of hydrogen-bond acceptors (Lipinski definition) is 4. The highest BCUT2D eigenvalue weighted by molar-refractivity contribution is 6.32. The van der Waals surface area contributed by atoms with E-state index in [0.717, 1.165) is 24.0 Å². The molecule has 0 saturated carbocycles. The first kappa shape index (κ1) is 24.0. The molecule has 0 saturated heterocycles. The van der Waals surface area contributed by atoms with Crippen molar-refractivity contribution in [3.63, 3.8) is 0 Å². The average molecular weight is 447 g/mol. The van der Waals surface area contributed by atoms with Gasteiger partial charge in [-0.15, -0.1) is 12.4 Å². The van der Waals surface area contributed by atoms with E-state index < -0.39 is 0 Å². The fraction of sp³-hybridized carbons (Fsp3) is 0.292. The Kier molecular flexibility index (Phi) is 9.95. The molecule has 1 unspecified atom stereocenters. The maximum atomic E-state index is 6.52. The summed E-state index contributed by atoms with van der Waals surface area (Å²) in [5.74, 6) is 1.18. The molecule has 0 amide bonds. The van der Waals surface area contributed by atoms with Crippen LogP contribution >= 0.6 is 24.0 Å². The molecule has 3 rings (SSSR count). The summed E-state index contributed by atoms with van der Waals surface area (Å²) in [6.45, 7) is 3.28. The predicted octanol–water partition coefficient (Wildman–Crippen LogP) is 6.38. The molecule has 0 fully saturated rings. The summed E-state index contributed by atoms with van der Waals surface area (Å²) in [5.41, 5.74) is 3.32. The van der Waals surface area contributed by atoms with E-state index in [1.54, 1.807) is 19.5 Å². The number of pyridine rings is 1. The highest BCUT2D eigenvalue weighted by atomic mass is 35.5. The Morgan fingerprint density at radius 1 is 1.07 bits per heavy atom. The average Bonchev–Trinajstić information content (AvgIpc) is 2.76. The van der Waals surface area contributed by atoms with Gasteiger partial charge in [-0.25, -0.2) is 0 Å². The lowest BCUT2D eigenvalue weighted by atomic mass is 10.0. The quantitative estimate of drug-likeness (QED) is 0.392. The number of aromatic nitrogens is 1. The van der Waals surface area contributed by atoms with Crippen molar-refractivity contribution in [2.75, 3.05) is 7.11 Å². The Bertz CT molecular complexity index is 892. The summed E-state index contributed by atoms with van der Waals surface area (Å²) in [6.07, 6.45) is 5.69. The van der Waals surface area contributed by atoms with Crippen molar-refractivity contribution in [1.82, 2.24) is 10.3 Å². The van der Waals surface area contributed by atoms with Gasteiger partial charge in [0.2, 0.25) is 0 Å². The van der Waals surface area contributed by atoms with Crippen molar-refractivity contribution >= 4 is 24.0 Å². The summed E-state index contributed by atoms with van der Waals surface area (Å²) < 4.78 is 11.5. The number of hydrogen-bond donors (Lipinski definition) is 1. The number of methoxy groups -OCH3 is 1. The molecule has 0 aliphatic rings. The van der Waals surface area contributed by atoms with Crippen molar-refractivity contribution in [3.05, 3.63) is 88.7 Å². The van der Waals surface area contributed by atoms with Crippen LogP contribution in [0.3, 0.4) is 0 Å². The highest BCUT2D eigenvalue weighted by Crippen LogP contribution is 2.37. The topological polar surface area (TPSA) is 43.4 Å². The molecule has 0 radical (unpaired) electrons. The lowest BCUT2D eigenvalue weighted by Gasteiger charge is -2.20. The summed E-state index contributed by atoms with van der Waals surface area (Å²) in [6, 6.07) is 18.6. The highest BCUT2D eigenvalue weighted by Gasteiger charge is 2.14. The van der Waals surface area contributed by atoms with Crippen LogP contribution in [-0.4, -0.2) is 12.1 Å². The van der Waals surface area contributed by atoms with E-state index in [4.69, 9.17) is 21.1 Å². The van der Waals surface area contributed by atoms with Crippen LogP contribution in [-0.2, 0) is 13.2 Å². The second-order valence-electron chi connectivity index (χ2n) is 6.89. The molecule has 2 aromatic carbocycles. The van der Waals surface area contributed by atoms with Gasteiger partial charge in [0.1, 0.15) is 6.61 Å². The molecule has 6 heteroatoms. The summed E-state index contributed by atoms with van der Waals surface area (Å²) in [7, 11) is 1.63. The Morgan fingerprint density at radius 2 is 1.87 bits per heavy atom. The van der Waals surface area contributed by atoms with Gasteiger partial charge in [0.25, 0.3) is 0 Å². The van der Waals surface area contributed by atoms with Crippen molar-refractivity contribution < 1.29 is 9.47 Å². The van der Waals surface area contributed by atoms with Crippen LogP contribution in [0.5, 0.6) is 11.5 Å². The van der Waals surface area contributed by atoms with E-state index in [-0.39, 0.29) is 12.4 Å². The van der Waals surface area contributed by atoms with E-state index in [0.29, 0.717) is 35.7 Å². The Balaban J connectivity index is 0.00000320. The fourth-order valence-corrected chi connectivity index (χ4v) is 3.54. The fourth-order valence-electron chi connectivity index (χ4n) is 3.26. The largest absolute Gasteiger partial charge is 0.493 e.